The van der Waals surface area contributed by atoms with Crippen LogP contribution in [0.1, 0.15) is 23.5 Å². The minimum Gasteiger partial charge on any atom is -0.355 e. The summed E-state index contributed by atoms with van der Waals surface area (Å²) in [5.41, 5.74) is 0.574. The third kappa shape index (κ3) is 3.21. The molecule has 0 bridgehead atoms. The van der Waals surface area contributed by atoms with Crippen molar-refractivity contribution in [2.75, 3.05) is 6.54 Å². The second-order valence-electron chi connectivity index (χ2n) is 3.93. The Morgan fingerprint density at radius 1 is 1.28 bits per heavy atom. The Labute approximate surface area is 102 Å². The first-order valence-electron chi connectivity index (χ1n) is 5.21. The topological polar surface area (TPSA) is 63.2 Å². The number of benzene rings is 1. The van der Waals surface area contributed by atoms with Crippen LogP contribution in [0.2, 0.25) is 0 Å². The van der Waals surface area contributed by atoms with Gasteiger partial charge in [-0.05, 0) is 24.6 Å². The zero-order chi connectivity index (χ0) is 13.7. The van der Waals surface area contributed by atoms with Crippen LogP contribution in [-0.4, -0.2) is 18.6 Å². The number of carbonyl (C=O) groups excluding carboxylic acids is 3. The number of halogens is 2. The Hall–Kier alpha value is -2.07. The van der Waals surface area contributed by atoms with Gasteiger partial charge in [0.1, 0.15) is 11.6 Å². The fourth-order valence-corrected chi connectivity index (χ4v) is 1.91. The van der Waals surface area contributed by atoms with Gasteiger partial charge in [-0.25, -0.2) is 8.78 Å². The lowest BCUT2D eigenvalue weighted by Crippen LogP contribution is -2.14. The monoisotopic (exact) mass is 255 g/mol. The van der Waals surface area contributed by atoms with Crippen molar-refractivity contribution in [2.24, 2.45) is 0 Å². The molecule has 1 aromatic carbocycles. The van der Waals surface area contributed by atoms with E-state index in [-0.39, 0.29) is 30.0 Å². The van der Waals surface area contributed by atoms with Gasteiger partial charge in [-0.2, -0.15) is 9.59 Å². The van der Waals surface area contributed by atoms with E-state index in [4.69, 9.17) is 9.59 Å². The van der Waals surface area contributed by atoms with Crippen molar-refractivity contribution in [3.63, 3.8) is 0 Å². The largest absolute Gasteiger partial charge is 0.373 e. The maximum absolute atomic E-state index is 13.5. The van der Waals surface area contributed by atoms with E-state index in [0.717, 1.165) is 0 Å². The summed E-state index contributed by atoms with van der Waals surface area (Å²) >= 11 is 0. The molecule has 18 heavy (non-hydrogen) atoms. The zero-order valence-corrected chi connectivity index (χ0v) is 9.63. The van der Waals surface area contributed by atoms with Crippen LogP contribution in [0.15, 0.2) is 12.1 Å². The normalized spacial score (nSPS) is 17.5. The summed E-state index contributed by atoms with van der Waals surface area (Å²) in [5.74, 6) is -1.65. The predicted molar refractivity (Wildman–Crippen MR) is 56.5 cm³/mol. The molecule has 4 nitrogen and oxygen atoms in total. The van der Waals surface area contributed by atoms with E-state index in [0.29, 0.717) is 12.1 Å². The van der Waals surface area contributed by atoms with E-state index >= 15 is 0 Å². The average Bonchev–Trinajstić information content (AvgIpc) is 2.64. The first kappa shape index (κ1) is 14.0. The van der Waals surface area contributed by atoms with Crippen LogP contribution in [0.4, 0.5) is 8.78 Å². The lowest BCUT2D eigenvalue weighted by atomic mass is 9.96. The second kappa shape index (κ2) is 6.02. The second-order valence-corrected chi connectivity index (χ2v) is 3.93. The lowest BCUT2D eigenvalue weighted by molar-refractivity contribution is -0.191. The molecule has 1 atom stereocenters. The van der Waals surface area contributed by atoms with Gasteiger partial charge in [0.2, 0.25) is 5.91 Å². The Kier molecular flexibility index (Phi) is 4.68. The van der Waals surface area contributed by atoms with Crippen molar-refractivity contribution in [1.29, 1.82) is 0 Å². The minimum atomic E-state index is -0.561. The van der Waals surface area contributed by atoms with Gasteiger partial charge >= 0.3 is 6.15 Å². The molecule has 1 heterocycles. The standard InChI is InChI=1S/C11H11F2NO.CO2/c1-6-2-8(12)11(9(13)3-6)7-4-10(15)14-5-7;2-1-3/h2-3,7H,4-5H2,1H3,(H,14,15);. The summed E-state index contributed by atoms with van der Waals surface area (Å²) in [5, 5.41) is 2.56. The van der Waals surface area contributed by atoms with E-state index in [9.17, 15) is 13.6 Å². The molecule has 1 saturated heterocycles. The summed E-state index contributed by atoms with van der Waals surface area (Å²) in [4.78, 5) is 27.2. The molecule has 1 aromatic rings. The molecule has 1 fully saturated rings. The maximum atomic E-state index is 13.5. The summed E-state index contributed by atoms with van der Waals surface area (Å²) in [7, 11) is 0. The number of amides is 1. The zero-order valence-electron chi connectivity index (χ0n) is 9.63. The van der Waals surface area contributed by atoms with E-state index in [2.05, 4.69) is 5.32 Å². The molecule has 0 aliphatic carbocycles. The van der Waals surface area contributed by atoms with Crippen LogP contribution >= 0.6 is 0 Å². The van der Waals surface area contributed by atoms with Crippen LogP contribution in [0.5, 0.6) is 0 Å². The third-order valence-corrected chi connectivity index (χ3v) is 2.61. The third-order valence-electron chi connectivity index (χ3n) is 2.61. The van der Waals surface area contributed by atoms with Crippen LogP contribution in [0.3, 0.4) is 0 Å². The average molecular weight is 255 g/mol. The fraction of sp³-hybridized carbons (Fsp3) is 0.333. The first-order chi connectivity index (χ1) is 8.49. The minimum absolute atomic E-state index is 0.0268. The van der Waals surface area contributed by atoms with Crippen molar-refractivity contribution in [3.8, 4) is 0 Å². The first-order valence-corrected chi connectivity index (χ1v) is 5.21. The van der Waals surface area contributed by atoms with Crippen molar-refractivity contribution >= 4 is 12.1 Å². The van der Waals surface area contributed by atoms with E-state index in [1.54, 1.807) is 6.92 Å². The van der Waals surface area contributed by atoms with Gasteiger partial charge in [0, 0.05) is 24.4 Å². The highest BCUT2D eigenvalue weighted by Gasteiger charge is 2.28. The summed E-state index contributed by atoms with van der Waals surface area (Å²) in [6.45, 7) is 1.95. The number of aryl methyl sites for hydroxylation is 1. The highest BCUT2D eigenvalue weighted by molar-refractivity contribution is 5.79. The van der Waals surface area contributed by atoms with Gasteiger partial charge in [0.05, 0.1) is 0 Å². The van der Waals surface area contributed by atoms with E-state index in [1.807, 2.05) is 0 Å². The highest BCUT2D eigenvalue weighted by Crippen LogP contribution is 2.28. The molecular formula is C12H11F2NO3. The van der Waals surface area contributed by atoms with Gasteiger partial charge in [0.25, 0.3) is 0 Å². The Morgan fingerprint density at radius 3 is 2.17 bits per heavy atom. The number of hydrogen-bond acceptors (Lipinski definition) is 3. The van der Waals surface area contributed by atoms with Crippen molar-refractivity contribution in [3.05, 3.63) is 34.9 Å². The summed E-state index contributed by atoms with van der Waals surface area (Å²) < 4.78 is 27.0. The lowest BCUT2D eigenvalue weighted by Gasteiger charge is -2.11. The van der Waals surface area contributed by atoms with Crippen LogP contribution < -0.4 is 5.32 Å². The number of rotatable bonds is 1. The van der Waals surface area contributed by atoms with Gasteiger partial charge < -0.3 is 5.32 Å². The molecule has 96 valence electrons. The number of carbonyl (C=O) groups is 1. The molecule has 1 aliphatic rings. The molecule has 1 unspecified atom stereocenters. The Bertz CT molecular complexity index is 473. The number of hydrogen-bond donors (Lipinski definition) is 1. The van der Waals surface area contributed by atoms with E-state index < -0.39 is 11.6 Å². The molecule has 0 spiro atoms. The molecular weight excluding hydrogens is 244 g/mol. The van der Waals surface area contributed by atoms with Crippen molar-refractivity contribution in [1.82, 2.24) is 5.32 Å². The van der Waals surface area contributed by atoms with Crippen LogP contribution in [-0.2, 0) is 14.4 Å². The summed E-state index contributed by atoms with van der Waals surface area (Å²) in [6.07, 6.45) is 0.414. The summed E-state index contributed by atoms with van der Waals surface area (Å²) in [6, 6.07) is 2.59. The van der Waals surface area contributed by atoms with Gasteiger partial charge in [-0.1, -0.05) is 0 Å². The Morgan fingerprint density at radius 2 is 1.78 bits per heavy atom. The molecule has 6 heteroatoms. The van der Waals surface area contributed by atoms with Crippen molar-refractivity contribution in [2.45, 2.75) is 19.3 Å². The highest BCUT2D eigenvalue weighted by atomic mass is 19.1. The maximum Gasteiger partial charge on any atom is 0.373 e. The van der Waals surface area contributed by atoms with Gasteiger partial charge in [-0.3, -0.25) is 4.79 Å². The quantitative estimate of drug-likeness (QED) is 0.822. The smallest absolute Gasteiger partial charge is 0.355 e. The molecule has 1 aliphatic heterocycles. The van der Waals surface area contributed by atoms with Crippen molar-refractivity contribution < 1.29 is 23.2 Å². The molecule has 0 aromatic heterocycles. The van der Waals surface area contributed by atoms with E-state index in [1.165, 1.54) is 12.1 Å². The van der Waals surface area contributed by atoms with Crippen LogP contribution in [0.25, 0.3) is 0 Å². The molecule has 2 rings (SSSR count). The Balaban J connectivity index is 0.000000492. The molecule has 1 N–H and O–H groups in total. The number of nitrogens with one attached hydrogen (secondary N) is 1. The molecule has 0 radical (unpaired) electrons. The van der Waals surface area contributed by atoms with Gasteiger partial charge in [-0.15, -0.1) is 0 Å². The fourth-order valence-electron chi connectivity index (χ4n) is 1.91. The predicted octanol–water partition coefficient (Wildman–Crippen LogP) is 1.29. The SMILES string of the molecule is Cc1cc(F)c(C2CNC(=O)C2)c(F)c1.O=C=O. The molecule has 1 amide bonds. The van der Waals surface area contributed by atoms with Gasteiger partial charge in [0.15, 0.2) is 0 Å². The van der Waals surface area contributed by atoms with Crippen LogP contribution in [0, 0.1) is 18.6 Å². The molecule has 0 saturated carbocycles.